The molecule has 0 aliphatic carbocycles. The van der Waals surface area contributed by atoms with Crippen LogP contribution in [0.1, 0.15) is 20.8 Å². The van der Waals surface area contributed by atoms with Gasteiger partial charge in [-0.25, -0.2) is 0 Å². The topological polar surface area (TPSA) is 71.8 Å². The maximum Gasteiger partial charge on any atom is 0.266 e. The van der Waals surface area contributed by atoms with Crippen molar-refractivity contribution in [2.45, 2.75) is 20.8 Å². The molecule has 0 aromatic rings. The fourth-order valence-electron chi connectivity index (χ4n) is 0.374. The van der Waals surface area contributed by atoms with E-state index in [1.807, 2.05) is 20.8 Å². The van der Waals surface area contributed by atoms with E-state index in [9.17, 15) is 5.11 Å². The average molecular weight is 143 g/mol. The average Bonchev–Trinajstić information content (AvgIpc) is 1.60. The van der Waals surface area contributed by atoms with E-state index in [0.717, 1.165) is 0 Å². The van der Waals surface area contributed by atoms with Gasteiger partial charge in [-0.05, 0) is 0 Å². The van der Waals surface area contributed by atoms with Crippen LogP contribution in [-0.2, 0) is 0 Å². The van der Waals surface area contributed by atoms with Crippen LogP contribution in [0.3, 0.4) is 0 Å². The lowest BCUT2D eigenvalue weighted by molar-refractivity contribution is -0.113. The fourth-order valence-corrected chi connectivity index (χ4v) is 0.374. The third-order valence-corrected chi connectivity index (χ3v) is 1.07. The third kappa shape index (κ3) is 3.12. The maximum absolute atomic E-state index is 9.24. The molecular weight excluding hydrogens is 128 g/mol. The smallest absolute Gasteiger partial charge is 0.266 e. The second-order valence-electron chi connectivity index (χ2n) is 3.28. The Labute approximate surface area is 61.1 Å². The standard InChI is InChI=1S/C7H14N2O/c1-7(2,3)5(10)4-6(8)9/h4,10H,1-3H3,(H3,8,9)/p+1/b5-4-. The minimum absolute atomic E-state index is 0.132. The molecule has 0 heterocycles. The Kier molecular flexibility index (Phi) is 2.46. The van der Waals surface area contributed by atoms with E-state index in [-0.39, 0.29) is 17.0 Å². The number of allylic oxidation sites excluding steroid dienone is 1. The quantitative estimate of drug-likeness (QED) is 0.265. The van der Waals surface area contributed by atoms with Crippen molar-refractivity contribution < 1.29 is 10.5 Å². The van der Waals surface area contributed by atoms with Crippen LogP contribution < -0.4 is 11.1 Å². The summed E-state index contributed by atoms with van der Waals surface area (Å²) in [5.74, 6) is 0.333. The Bertz CT molecular complexity index is 165. The van der Waals surface area contributed by atoms with Crippen molar-refractivity contribution in [3.8, 4) is 0 Å². The summed E-state index contributed by atoms with van der Waals surface area (Å²) in [5, 5.41) is 14.4. The molecule has 0 atom stereocenters. The molecule has 0 unspecified atom stereocenters. The molecule has 0 aliphatic heterocycles. The summed E-state index contributed by atoms with van der Waals surface area (Å²) in [5.41, 5.74) is 4.87. The van der Waals surface area contributed by atoms with E-state index in [1.54, 1.807) is 0 Å². The molecule has 0 spiro atoms. The predicted molar refractivity (Wildman–Crippen MR) is 41.3 cm³/mol. The van der Waals surface area contributed by atoms with Crippen LogP contribution in [0.25, 0.3) is 0 Å². The molecule has 0 aliphatic rings. The fraction of sp³-hybridized carbons (Fsp3) is 0.571. The van der Waals surface area contributed by atoms with Crippen molar-refractivity contribution in [3.63, 3.8) is 0 Å². The van der Waals surface area contributed by atoms with Gasteiger partial charge < -0.3 is 5.11 Å². The monoisotopic (exact) mass is 143 g/mol. The van der Waals surface area contributed by atoms with E-state index in [0.29, 0.717) is 0 Å². The first-order chi connectivity index (χ1) is 4.34. The first-order valence-electron chi connectivity index (χ1n) is 3.13. The Hall–Kier alpha value is -0.990. The number of aliphatic hydroxyl groups excluding tert-OH is 1. The van der Waals surface area contributed by atoms with Crippen molar-refractivity contribution in [1.29, 1.82) is 0 Å². The predicted octanol–water partition coefficient (Wildman–Crippen LogP) is -0.409. The van der Waals surface area contributed by atoms with Crippen LogP contribution in [0.4, 0.5) is 0 Å². The molecule has 0 aromatic heterocycles. The molecule has 0 bridgehead atoms. The number of aliphatic hydroxyl groups is 1. The molecule has 0 rings (SSSR count). The van der Waals surface area contributed by atoms with Gasteiger partial charge in [-0.15, -0.1) is 0 Å². The SMILES string of the molecule is CC(C)(C)/C(O)=C/C(N)=[NH2+]. The van der Waals surface area contributed by atoms with Crippen LogP contribution in [0.5, 0.6) is 0 Å². The zero-order chi connectivity index (χ0) is 8.36. The van der Waals surface area contributed by atoms with E-state index in [1.165, 1.54) is 6.08 Å². The molecule has 0 saturated heterocycles. The molecule has 58 valence electrons. The molecule has 0 aromatic carbocycles. The Balaban J connectivity index is 4.35. The summed E-state index contributed by atoms with van der Waals surface area (Å²) in [6.45, 7) is 5.63. The summed E-state index contributed by atoms with van der Waals surface area (Å²) < 4.78 is 0. The number of hydrogen-bond acceptors (Lipinski definition) is 1. The van der Waals surface area contributed by atoms with Gasteiger partial charge in [0.05, 0.1) is 6.08 Å². The van der Waals surface area contributed by atoms with E-state index >= 15 is 0 Å². The summed E-state index contributed by atoms with van der Waals surface area (Å²) in [6, 6.07) is 0. The van der Waals surface area contributed by atoms with E-state index in [4.69, 9.17) is 11.1 Å². The summed E-state index contributed by atoms with van der Waals surface area (Å²) in [7, 11) is 0. The highest BCUT2D eigenvalue weighted by Gasteiger charge is 2.16. The van der Waals surface area contributed by atoms with Gasteiger partial charge in [0.2, 0.25) is 0 Å². The normalized spacial score (nSPS) is 13.3. The van der Waals surface area contributed by atoms with Crippen LogP contribution in [0, 0.1) is 5.41 Å². The number of rotatable bonds is 1. The lowest BCUT2D eigenvalue weighted by Crippen LogP contribution is -2.44. The largest absolute Gasteiger partial charge is 0.511 e. The Morgan fingerprint density at radius 3 is 2.00 bits per heavy atom. The number of hydrogen-bond donors (Lipinski definition) is 3. The van der Waals surface area contributed by atoms with Gasteiger partial charge in [-0.2, -0.15) is 0 Å². The van der Waals surface area contributed by atoms with Gasteiger partial charge in [0.15, 0.2) is 0 Å². The zero-order valence-electron chi connectivity index (χ0n) is 6.68. The zero-order valence-corrected chi connectivity index (χ0v) is 6.68. The highest BCUT2D eigenvalue weighted by Crippen LogP contribution is 2.21. The van der Waals surface area contributed by atoms with E-state index < -0.39 is 0 Å². The van der Waals surface area contributed by atoms with Crippen molar-refractivity contribution in [2.75, 3.05) is 0 Å². The first-order valence-corrected chi connectivity index (χ1v) is 3.13. The molecule has 3 heteroatoms. The summed E-state index contributed by atoms with van der Waals surface area (Å²) in [6.07, 6.45) is 1.36. The molecule has 0 amide bonds. The molecule has 0 radical (unpaired) electrons. The van der Waals surface area contributed by atoms with Crippen molar-refractivity contribution >= 4 is 5.84 Å². The maximum atomic E-state index is 9.24. The minimum atomic E-state index is -0.274. The van der Waals surface area contributed by atoms with Crippen LogP contribution >= 0.6 is 0 Å². The van der Waals surface area contributed by atoms with Gasteiger partial charge in [-0.3, -0.25) is 11.1 Å². The summed E-state index contributed by atoms with van der Waals surface area (Å²) in [4.78, 5) is 0. The van der Waals surface area contributed by atoms with Gasteiger partial charge in [0, 0.05) is 5.41 Å². The van der Waals surface area contributed by atoms with Gasteiger partial charge in [0.25, 0.3) is 5.84 Å². The number of nitrogens with two attached hydrogens (primary N) is 2. The third-order valence-electron chi connectivity index (χ3n) is 1.07. The lowest BCUT2D eigenvalue weighted by Gasteiger charge is -2.15. The molecule has 3 nitrogen and oxygen atoms in total. The first kappa shape index (κ1) is 9.01. The molecule has 5 N–H and O–H groups in total. The van der Waals surface area contributed by atoms with Crippen molar-refractivity contribution in [2.24, 2.45) is 11.1 Å². The van der Waals surface area contributed by atoms with Crippen molar-refractivity contribution in [3.05, 3.63) is 11.8 Å². The van der Waals surface area contributed by atoms with Crippen LogP contribution in [-0.4, -0.2) is 10.9 Å². The van der Waals surface area contributed by atoms with Gasteiger partial charge >= 0.3 is 0 Å². The van der Waals surface area contributed by atoms with Gasteiger partial charge in [0.1, 0.15) is 5.76 Å². The minimum Gasteiger partial charge on any atom is -0.511 e. The molecule has 0 saturated carbocycles. The second-order valence-corrected chi connectivity index (χ2v) is 3.28. The lowest BCUT2D eigenvalue weighted by atomic mass is 9.93. The van der Waals surface area contributed by atoms with Crippen LogP contribution in [0.15, 0.2) is 11.8 Å². The van der Waals surface area contributed by atoms with Crippen LogP contribution in [0.2, 0.25) is 0 Å². The molecule has 0 fully saturated rings. The van der Waals surface area contributed by atoms with Gasteiger partial charge in [-0.1, -0.05) is 20.8 Å². The Morgan fingerprint density at radius 2 is 1.90 bits per heavy atom. The Morgan fingerprint density at radius 1 is 1.50 bits per heavy atom. The highest BCUT2D eigenvalue weighted by atomic mass is 16.3. The van der Waals surface area contributed by atoms with E-state index in [2.05, 4.69) is 0 Å². The molecular formula is C7H15N2O+. The second kappa shape index (κ2) is 2.73. The summed E-state index contributed by atoms with van der Waals surface area (Å²) >= 11 is 0. The molecule has 10 heavy (non-hydrogen) atoms. The highest BCUT2D eigenvalue weighted by molar-refractivity contribution is 5.86. The van der Waals surface area contributed by atoms with Crippen molar-refractivity contribution in [1.82, 2.24) is 0 Å². The number of amidine groups is 1.